The zero-order valence-corrected chi connectivity index (χ0v) is 12.3. The number of anilines is 1. The van der Waals surface area contributed by atoms with Gasteiger partial charge in [-0.2, -0.15) is 0 Å². The maximum absolute atomic E-state index is 12.4. The Labute approximate surface area is 120 Å². The molecule has 2 rings (SSSR count). The van der Waals surface area contributed by atoms with Crippen LogP contribution in [0.3, 0.4) is 0 Å². The third-order valence-electron chi connectivity index (χ3n) is 4.34. The Morgan fingerprint density at radius 1 is 1.40 bits per heavy atom. The normalized spacial score (nSPS) is 14.3. The highest BCUT2D eigenvalue weighted by atomic mass is 16.3. The summed E-state index contributed by atoms with van der Waals surface area (Å²) in [5, 5.41) is 15.9. The summed E-state index contributed by atoms with van der Waals surface area (Å²) in [4.78, 5) is 12.4. The molecule has 0 aliphatic carbocycles. The van der Waals surface area contributed by atoms with Gasteiger partial charge in [-0.15, -0.1) is 0 Å². The van der Waals surface area contributed by atoms with Crippen LogP contribution in [0.25, 0.3) is 0 Å². The van der Waals surface area contributed by atoms with Gasteiger partial charge in [-0.25, -0.2) is 0 Å². The number of aryl methyl sites for hydroxylation is 1. The molecule has 1 heterocycles. The molecule has 0 fully saturated rings. The second kappa shape index (κ2) is 6.27. The van der Waals surface area contributed by atoms with Crippen molar-refractivity contribution in [1.82, 2.24) is 5.32 Å². The molecule has 3 N–H and O–H groups in total. The molecule has 1 amide bonds. The molecule has 0 saturated heterocycles. The average molecular weight is 276 g/mol. The van der Waals surface area contributed by atoms with Gasteiger partial charge in [0.05, 0.1) is 12.1 Å². The number of hydrogen-bond acceptors (Lipinski definition) is 3. The van der Waals surface area contributed by atoms with E-state index in [-0.39, 0.29) is 12.5 Å². The van der Waals surface area contributed by atoms with E-state index in [0.29, 0.717) is 5.56 Å². The van der Waals surface area contributed by atoms with Gasteiger partial charge >= 0.3 is 0 Å². The van der Waals surface area contributed by atoms with E-state index < -0.39 is 5.54 Å². The lowest BCUT2D eigenvalue weighted by atomic mass is 9.93. The van der Waals surface area contributed by atoms with Gasteiger partial charge in [-0.1, -0.05) is 13.8 Å². The fourth-order valence-electron chi connectivity index (χ4n) is 2.62. The molecule has 20 heavy (non-hydrogen) atoms. The predicted octanol–water partition coefficient (Wildman–Crippen LogP) is 2.33. The topological polar surface area (TPSA) is 61.4 Å². The highest BCUT2D eigenvalue weighted by Gasteiger charge is 2.27. The first-order valence-corrected chi connectivity index (χ1v) is 7.44. The third kappa shape index (κ3) is 2.96. The Hall–Kier alpha value is -1.55. The Balaban J connectivity index is 2.17. The molecule has 0 radical (unpaired) electrons. The lowest BCUT2D eigenvalue weighted by Crippen LogP contribution is -2.50. The van der Waals surface area contributed by atoms with Crippen LogP contribution >= 0.6 is 0 Å². The maximum atomic E-state index is 12.4. The number of rotatable bonds is 5. The van der Waals surface area contributed by atoms with Gasteiger partial charge in [-0.05, 0) is 49.4 Å². The molecule has 1 aromatic rings. The van der Waals surface area contributed by atoms with Crippen LogP contribution < -0.4 is 10.6 Å². The van der Waals surface area contributed by atoms with Crippen LogP contribution in [0.15, 0.2) is 18.2 Å². The van der Waals surface area contributed by atoms with Gasteiger partial charge in [0.1, 0.15) is 0 Å². The minimum atomic E-state index is -0.509. The van der Waals surface area contributed by atoms with E-state index >= 15 is 0 Å². The Morgan fingerprint density at radius 2 is 2.15 bits per heavy atom. The summed E-state index contributed by atoms with van der Waals surface area (Å²) in [6, 6.07) is 5.78. The van der Waals surface area contributed by atoms with E-state index in [1.807, 2.05) is 32.0 Å². The zero-order chi connectivity index (χ0) is 14.6. The largest absolute Gasteiger partial charge is 0.394 e. The molecule has 0 aromatic heterocycles. The number of nitrogens with one attached hydrogen (secondary N) is 2. The number of aliphatic hydroxyl groups is 1. The number of benzene rings is 1. The van der Waals surface area contributed by atoms with Gasteiger partial charge in [0, 0.05) is 17.8 Å². The molecule has 4 heteroatoms. The van der Waals surface area contributed by atoms with Crippen molar-refractivity contribution in [2.45, 2.75) is 45.1 Å². The minimum absolute atomic E-state index is 0.0295. The monoisotopic (exact) mass is 276 g/mol. The molecule has 1 aliphatic heterocycles. The first-order chi connectivity index (χ1) is 9.64. The third-order valence-corrected chi connectivity index (χ3v) is 4.34. The average Bonchev–Trinajstić information content (AvgIpc) is 2.52. The summed E-state index contributed by atoms with van der Waals surface area (Å²) in [5.41, 5.74) is 2.50. The molecule has 1 aromatic carbocycles. The van der Waals surface area contributed by atoms with Crippen LogP contribution in [-0.4, -0.2) is 29.7 Å². The number of hydrogen-bond donors (Lipinski definition) is 3. The summed E-state index contributed by atoms with van der Waals surface area (Å²) in [6.07, 6.45) is 3.55. The smallest absolute Gasteiger partial charge is 0.251 e. The zero-order valence-electron chi connectivity index (χ0n) is 12.3. The number of fused-ring (bicyclic) bond motifs is 1. The lowest BCUT2D eigenvalue weighted by Gasteiger charge is -2.31. The predicted molar refractivity (Wildman–Crippen MR) is 81.1 cm³/mol. The van der Waals surface area contributed by atoms with E-state index in [9.17, 15) is 9.90 Å². The number of carbonyl (C=O) groups is 1. The van der Waals surface area contributed by atoms with Gasteiger partial charge in [0.2, 0.25) is 0 Å². The quantitative estimate of drug-likeness (QED) is 0.773. The summed E-state index contributed by atoms with van der Waals surface area (Å²) >= 11 is 0. The second-order valence-electron chi connectivity index (χ2n) is 5.50. The summed E-state index contributed by atoms with van der Waals surface area (Å²) in [5.74, 6) is -0.101. The molecule has 4 nitrogen and oxygen atoms in total. The van der Waals surface area contributed by atoms with Crippen LogP contribution in [0.1, 0.15) is 49.0 Å². The van der Waals surface area contributed by atoms with Gasteiger partial charge < -0.3 is 15.7 Å². The molecule has 1 aliphatic rings. The minimum Gasteiger partial charge on any atom is -0.394 e. The van der Waals surface area contributed by atoms with Crippen LogP contribution in [0.2, 0.25) is 0 Å². The highest BCUT2D eigenvalue weighted by molar-refractivity contribution is 5.95. The van der Waals surface area contributed by atoms with E-state index in [1.54, 1.807) is 0 Å². The van der Waals surface area contributed by atoms with E-state index in [0.717, 1.165) is 37.9 Å². The molecule has 0 spiro atoms. The van der Waals surface area contributed by atoms with Crippen molar-refractivity contribution >= 4 is 11.6 Å². The van der Waals surface area contributed by atoms with E-state index in [4.69, 9.17) is 0 Å². The summed E-state index contributed by atoms with van der Waals surface area (Å²) < 4.78 is 0. The van der Waals surface area contributed by atoms with Crippen molar-refractivity contribution in [3.63, 3.8) is 0 Å². The summed E-state index contributed by atoms with van der Waals surface area (Å²) in [7, 11) is 0. The molecule has 110 valence electrons. The molecule has 0 atom stereocenters. The fraction of sp³-hybridized carbons (Fsp3) is 0.562. The SMILES string of the molecule is CCC(CC)(CO)NC(=O)c1ccc2c(c1)CCCN2. The van der Waals surface area contributed by atoms with E-state index in [1.165, 1.54) is 5.56 Å². The lowest BCUT2D eigenvalue weighted by molar-refractivity contribution is 0.0818. The van der Waals surface area contributed by atoms with Gasteiger partial charge in [0.25, 0.3) is 5.91 Å². The van der Waals surface area contributed by atoms with Crippen molar-refractivity contribution in [2.75, 3.05) is 18.5 Å². The van der Waals surface area contributed by atoms with Crippen molar-refractivity contribution in [3.05, 3.63) is 29.3 Å². The van der Waals surface area contributed by atoms with Crippen LogP contribution in [0.5, 0.6) is 0 Å². The van der Waals surface area contributed by atoms with E-state index in [2.05, 4.69) is 10.6 Å². The molecule has 0 bridgehead atoms. The Morgan fingerprint density at radius 3 is 2.80 bits per heavy atom. The number of aliphatic hydroxyl groups excluding tert-OH is 1. The van der Waals surface area contributed by atoms with Crippen molar-refractivity contribution < 1.29 is 9.90 Å². The van der Waals surface area contributed by atoms with Gasteiger partial charge in [0.15, 0.2) is 0 Å². The van der Waals surface area contributed by atoms with Gasteiger partial charge in [-0.3, -0.25) is 4.79 Å². The first-order valence-electron chi connectivity index (χ1n) is 7.44. The molecule has 0 unspecified atom stereocenters. The highest BCUT2D eigenvalue weighted by Crippen LogP contribution is 2.23. The Bertz CT molecular complexity index is 473. The number of carbonyl (C=O) groups excluding carboxylic acids is 1. The maximum Gasteiger partial charge on any atom is 0.251 e. The molecule has 0 saturated carbocycles. The van der Waals surface area contributed by atoms with Crippen LogP contribution in [0.4, 0.5) is 5.69 Å². The molecular formula is C16H24N2O2. The van der Waals surface area contributed by atoms with Crippen LogP contribution in [-0.2, 0) is 6.42 Å². The summed E-state index contributed by atoms with van der Waals surface area (Å²) in [6.45, 7) is 4.93. The van der Waals surface area contributed by atoms with Crippen LogP contribution in [0, 0.1) is 0 Å². The number of amides is 1. The van der Waals surface area contributed by atoms with Crippen molar-refractivity contribution in [1.29, 1.82) is 0 Å². The first kappa shape index (κ1) is 14.9. The fourth-order valence-corrected chi connectivity index (χ4v) is 2.62. The van der Waals surface area contributed by atoms with Crippen molar-refractivity contribution in [2.24, 2.45) is 0 Å². The standard InChI is InChI=1S/C16H24N2O2/c1-3-16(4-2,11-19)18-15(20)13-7-8-14-12(10-13)6-5-9-17-14/h7-8,10,17,19H,3-6,9,11H2,1-2H3,(H,18,20). The van der Waals surface area contributed by atoms with Crippen molar-refractivity contribution in [3.8, 4) is 0 Å². The Kier molecular flexibility index (Phi) is 4.65. The second-order valence-corrected chi connectivity index (χ2v) is 5.50. The molecular weight excluding hydrogens is 252 g/mol.